The van der Waals surface area contributed by atoms with Gasteiger partial charge in [-0.15, -0.1) is 0 Å². The fourth-order valence-electron chi connectivity index (χ4n) is 3.59. The van der Waals surface area contributed by atoms with E-state index in [9.17, 15) is 18.0 Å². The number of benzene rings is 1. The van der Waals surface area contributed by atoms with Crippen LogP contribution in [0.5, 0.6) is 0 Å². The first-order valence-corrected chi connectivity index (χ1v) is 11.5. The van der Waals surface area contributed by atoms with Gasteiger partial charge in [-0.25, -0.2) is 12.7 Å². The number of ether oxygens (including phenoxy) is 1. The molecule has 3 rings (SSSR count). The molecule has 1 aliphatic carbocycles. The van der Waals surface area contributed by atoms with E-state index in [0.29, 0.717) is 31.8 Å². The van der Waals surface area contributed by atoms with Crippen molar-refractivity contribution in [3.63, 3.8) is 0 Å². The van der Waals surface area contributed by atoms with Gasteiger partial charge in [-0.3, -0.25) is 9.59 Å². The Kier molecular flexibility index (Phi) is 6.72. The van der Waals surface area contributed by atoms with Crippen LogP contribution in [-0.2, 0) is 24.3 Å². The maximum atomic E-state index is 12.3. The Morgan fingerprint density at radius 1 is 1.14 bits per heavy atom. The highest BCUT2D eigenvalue weighted by atomic mass is 32.2. The average Bonchev–Trinajstić information content (AvgIpc) is 3.56. The lowest BCUT2D eigenvalue weighted by Crippen LogP contribution is -2.41. The van der Waals surface area contributed by atoms with Gasteiger partial charge in [0.1, 0.15) is 0 Å². The number of carbonyl (C=O) groups excluding carboxylic acids is 2. The number of piperidine rings is 1. The Balaban J connectivity index is 1.45. The molecule has 1 atom stereocenters. The highest BCUT2D eigenvalue weighted by Crippen LogP contribution is 2.40. The molecule has 8 heteroatoms. The predicted octanol–water partition coefficient (Wildman–Crippen LogP) is 1.86. The van der Waals surface area contributed by atoms with Gasteiger partial charge in [0.25, 0.3) is 5.91 Å². The number of nitrogens with zero attached hydrogens (tertiary/aromatic N) is 1. The number of carbonyl (C=O) groups is 2. The summed E-state index contributed by atoms with van der Waals surface area (Å²) in [6, 6.07) is 9.77. The summed E-state index contributed by atoms with van der Waals surface area (Å²) in [4.78, 5) is 24.6. The fourth-order valence-corrected chi connectivity index (χ4v) is 4.72. The van der Waals surface area contributed by atoms with Crippen molar-refractivity contribution in [1.29, 1.82) is 0 Å². The van der Waals surface area contributed by atoms with Gasteiger partial charge in [0.2, 0.25) is 10.0 Å². The zero-order valence-electron chi connectivity index (χ0n) is 16.2. The van der Waals surface area contributed by atoms with Crippen LogP contribution in [0.2, 0.25) is 0 Å². The minimum absolute atomic E-state index is 0.0464. The van der Waals surface area contributed by atoms with Crippen molar-refractivity contribution in [3.05, 3.63) is 35.9 Å². The van der Waals surface area contributed by atoms with E-state index in [4.69, 9.17) is 4.74 Å². The molecule has 2 fully saturated rings. The molecule has 28 heavy (non-hydrogen) atoms. The van der Waals surface area contributed by atoms with E-state index in [-0.39, 0.29) is 30.2 Å². The number of amides is 1. The second-order valence-electron chi connectivity index (χ2n) is 7.47. The number of nitrogens with one attached hydrogen (secondary N) is 1. The van der Waals surface area contributed by atoms with Gasteiger partial charge in [-0.05, 0) is 44.1 Å². The smallest absolute Gasteiger partial charge is 0.309 e. The summed E-state index contributed by atoms with van der Waals surface area (Å²) in [5, 5.41) is 2.98. The van der Waals surface area contributed by atoms with Gasteiger partial charge in [0.15, 0.2) is 6.61 Å². The maximum Gasteiger partial charge on any atom is 0.309 e. The summed E-state index contributed by atoms with van der Waals surface area (Å²) in [5.41, 5.74) is 1.06. The molecule has 0 bridgehead atoms. The van der Waals surface area contributed by atoms with Crippen LogP contribution in [-0.4, -0.2) is 50.0 Å². The zero-order chi connectivity index (χ0) is 20.1. The summed E-state index contributed by atoms with van der Waals surface area (Å²) in [5.74, 6) is -0.589. The van der Waals surface area contributed by atoms with Crippen molar-refractivity contribution in [1.82, 2.24) is 9.62 Å². The molecule has 1 N–H and O–H groups in total. The molecule has 0 radical (unpaired) electrons. The van der Waals surface area contributed by atoms with Gasteiger partial charge in [-0.1, -0.05) is 30.3 Å². The van der Waals surface area contributed by atoms with Crippen LogP contribution in [0.15, 0.2) is 30.3 Å². The normalized spacial score (nSPS) is 19.8. The van der Waals surface area contributed by atoms with E-state index in [1.165, 1.54) is 4.31 Å². The highest BCUT2D eigenvalue weighted by molar-refractivity contribution is 7.89. The van der Waals surface area contributed by atoms with Crippen molar-refractivity contribution in [2.24, 2.45) is 11.8 Å². The molecule has 1 saturated heterocycles. The van der Waals surface area contributed by atoms with Gasteiger partial charge < -0.3 is 10.1 Å². The van der Waals surface area contributed by atoms with Crippen molar-refractivity contribution < 1.29 is 22.7 Å². The molecule has 1 unspecified atom stereocenters. The molecule has 1 aromatic rings. The molecule has 1 heterocycles. The predicted molar refractivity (Wildman–Crippen MR) is 105 cm³/mol. The van der Waals surface area contributed by atoms with E-state index in [1.807, 2.05) is 30.3 Å². The van der Waals surface area contributed by atoms with Crippen LogP contribution in [0.25, 0.3) is 0 Å². The molecule has 1 aliphatic heterocycles. The lowest BCUT2D eigenvalue weighted by molar-refractivity contribution is -0.153. The molecule has 1 amide bonds. The minimum atomic E-state index is -3.22. The van der Waals surface area contributed by atoms with Crippen LogP contribution < -0.4 is 5.32 Å². The Bertz CT molecular complexity index is 784. The van der Waals surface area contributed by atoms with Crippen LogP contribution in [0.3, 0.4) is 0 Å². The first kappa shape index (κ1) is 20.8. The number of sulfonamides is 1. The Morgan fingerprint density at radius 3 is 2.36 bits per heavy atom. The van der Waals surface area contributed by atoms with Crippen LogP contribution in [0.1, 0.15) is 44.2 Å². The monoisotopic (exact) mass is 408 g/mol. The van der Waals surface area contributed by atoms with Crippen LogP contribution >= 0.6 is 0 Å². The highest BCUT2D eigenvalue weighted by Gasteiger charge is 2.34. The van der Waals surface area contributed by atoms with E-state index in [1.54, 1.807) is 6.92 Å². The lowest BCUT2D eigenvalue weighted by atomic mass is 9.98. The SMILES string of the molecule is CCS(=O)(=O)N1CCC(C(=O)OCC(=O)NC(c2ccccc2)C2CC2)CC1. The molecule has 7 nitrogen and oxygen atoms in total. The van der Waals surface area contributed by atoms with E-state index in [2.05, 4.69) is 5.32 Å². The van der Waals surface area contributed by atoms with E-state index >= 15 is 0 Å². The molecule has 2 aliphatic rings. The van der Waals surface area contributed by atoms with Crippen molar-refractivity contribution >= 4 is 21.9 Å². The average molecular weight is 409 g/mol. The second-order valence-corrected chi connectivity index (χ2v) is 9.73. The Morgan fingerprint density at radius 2 is 1.79 bits per heavy atom. The minimum Gasteiger partial charge on any atom is -0.455 e. The Hall–Kier alpha value is -1.93. The van der Waals surface area contributed by atoms with Gasteiger partial charge in [0, 0.05) is 13.1 Å². The molecule has 1 saturated carbocycles. The summed E-state index contributed by atoms with van der Waals surface area (Å²) < 4.78 is 30.4. The molecule has 1 aromatic carbocycles. The number of hydrogen-bond donors (Lipinski definition) is 1. The van der Waals surface area contributed by atoms with Crippen molar-refractivity contribution in [2.75, 3.05) is 25.4 Å². The van der Waals surface area contributed by atoms with Crippen molar-refractivity contribution in [3.8, 4) is 0 Å². The van der Waals surface area contributed by atoms with Gasteiger partial charge >= 0.3 is 5.97 Å². The molecule has 0 spiro atoms. The Labute approximate surface area is 166 Å². The van der Waals surface area contributed by atoms with Crippen molar-refractivity contribution in [2.45, 2.75) is 38.6 Å². The third-order valence-corrected chi connectivity index (χ3v) is 7.34. The lowest BCUT2D eigenvalue weighted by Gasteiger charge is -2.29. The topological polar surface area (TPSA) is 92.8 Å². The molecular weight excluding hydrogens is 380 g/mol. The number of rotatable bonds is 8. The van der Waals surface area contributed by atoms with Gasteiger partial charge in [0.05, 0.1) is 17.7 Å². The summed E-state index contributed by atoms with van der Waals surface area (Å²) in [6.45, 7) is 1.95. The number of hydrogen-bond acceptors (Lipinski definition) is 5. The molecule has 0 aromatic heterocycles. The maximum absolute atomic E-state index is 12.3. The third-order valence-electron chi connectivity index (χ3n) is 5.46. The quantitative estimate of drug-likeness (QED) is 0.663. The second kappa shape index (κ2) is 9.05. The molecular formula is C20H28N2O5S. The third kappa shape index (κ3) is 5.32. The first-order valence-electron chi connectivity index (χ1n) is 9.89. The standard InChI is InChI=1S/C20H28N2O5S/c1-2-28(25,26)22-12-10-17(11-13-22)20(24)27-14-18(23)21-19(16-8-9-16)15-6-4-3-5-7-15/h3-7,16-17,19H,2,8-14H2,1H3,(H,21,23). The number of esters is 1. The van der Waals surface area contributed by atoms with Crippen LogP contribution in [0, 0.1) is 11.8 Å². The summed E-state index contributed by atoms with van der Waals surface area (Å²) in [6.07, 6.45) is 3.01. The first-order chi connectivity index (χ1) is 13.4. The van der Waals surface area contributed by atoms with Gasteiger partial charge in [-0.2, -0.15) is 0 Å². The summed E-state index contributed by atoms with van der Waals surface area (Å²) in [7, 11) is -3.22. The van der Waals surface area contributed by atoms with E-state index < -0.39 is 16.0 Å². The van der Waals surface area contributed by atoms with E-state index in [0.717, 1.165) is 18.4 Å². The molecule has 154 valence electrons. The largest absolute Gasteiger partial charge is 0.455 e. The zero-order valence-corrected chi connectivity index (χ0v) is 17.0. The summed E-state index contributed by atoms with van der Waals surface area (Å²) >= 11 is 0. The fraction of sp³-hybridized carbons (Fsp3) is 0.600. The van der Waals surface area contributed by atoms with Crippen LogP contribution in [0.4, 0.5) is 0 Å².